The highest BCUT2D eigenvalue weighted by Crippen LogP contribution is 2.45. The number of hydrogen-bond acceptors (Lipinski definition) is 3. The van der Waals surface area contributed by atoms with Crippen molar-refractivity contribution >= 4 is 34.3 Å². The molecule has 3 heterocycles. The number of ether oxygens (including phenoxy) is 1. The van der Waals surface area contributed by atoms with E-state index in [1.807, 2.05) is 60.7 Å². The number of benzene rings is 3. The summed E-state index contributed by atoms with van der Waals surface area (Å²) in [5.41, 5.74) is 4.68. The number of hydrogen-bond donors (Lipinski definition) is 1. The van der Waals surface area contributed by atoms with Crippen LogP contribution in [0.3, 0.4) is 0 Å². The largest absolute Gasteiger partial charge is 0.496 e. The highest BCUT2D eigenvalue weighted by atomic mass is 35.5. The third kappa shape index (κ3) is 3.48. The molecule has 0 aliphatic carbocycles. The zero-order chi connectivity index (χ0) is 24.1. The molecule has 6 nitrogen and oxygen atoms in total. The summed E-state index contributed by atoms with van der Waals surface area (Å²) < 4.78 is 5.68. The number of carbonyl (C=O) groups is 2. The Bertz CT molecular complexity index is 1460. The molecule has 7 heteroatoms. The first-order chi connectivity index (χ1) is 17.1. The van der Waals surface area contributed by atoms with Gasteiger partial charge in [0.15, 0.2) is 0 Å². The molecule has 0 saturated carbocycles. The van der Waals surface area contributed by atoms with E-state index in [1.54, 1.807) is 23.0 Å². The van der Waals surface area contributed by atoms with E-state index in [1.165, 1.54) is 0 Å². The minimum absolute atomic E-state index is 0.00175. The van der Waals surface area contributed by atoms with E-state index < -0.39 is 12.1 Å². The molecule has 1 fully saturated rings. The lowest BCUT2D eigenvalue weighted by Gasteiger charge is -2.47. The van der Waals surface area contributed by atoms with Crippen molar-refractivity contribution in [1.82, 2.24) is 14.8 Å². The molecule has 1 aromatic heterocycles. The number of amides is 2. The summed E-state index contributed by atoms with van der Waals surface area (Å²) in [6, 6.07) is 22.1. The van der Waals surface area contributed by atoms with Gasteiger partial charge in [0.25, 0.3) is 0 Å². The zero-order valence-corrected chi connectivity index (χ0v) is 20.0. The van der Waals surface area contributed by atoms with Crippen molar-refractivity contribution in [1.29, 1.82) is 0 Å². The van der Waals surface area contributed by atoms with Crippen molar-refractivity contribution in [2.75, 3.05) is 13.7 Å². The molecule has 2 aliphatic rings. The highest BCUT2D eigenvalue weighted by Gasteiger charge is 2.48. The molecule has 0 radical (unpaired) electrons. The van der Waals surface area contributed by atoms with Crippen LogP contribution in [0.1, 0.15) is 28.4 Å². The first kappa shape index (κ1) is 21.7. The van der Waals surface area contributed by atoms with Crippen LogP contribution >= 0.6 is 11.6 Å². The molecule has 2 amide bonds. The smallest absolute Gasteiger partial charge is 0.246 e. The van der Waals surface area contributed by atoms with Gasteiger partial charge in [0.05, 0.1) is 7.11 Å². The number of methoxy groups -OCH3 is 1. The van der Waals surface area contributed by atoms with Gasteiger partial charge in [0, 0.05) is 40.1 Å². The van der Waals surface area contributed by atoms with E-state index in [-0.39, 0.29) is 18.4 Å². The predicted octanol–water partition coefficient (Wildman–Crippen LogP) is 4.72. The average Bonchev–Trinajstić information content (AvgIpc) is 3.25. The van der Waals surface area contributed by atoms with Gasteiger partial charge < -0.3 is 19.5 Å². The lowest BCUT2D eigenvalue weighted by Crippen LogP contribution is -2.62. The molecule has 176 valence electrons. The van der Waals surface area contributed by atoms with Gasteiger partial charge >= 0.3 is 0 Å². The first-order valence-electron chi connectivity index (χ1n) is 11.6. The van der Waals surface area contributed by atoms with Crippen molar-refractivity contribution in [3.05, 3.63) is 100 Å². The van der Waals surface area contributed by atoms with Crippen LogP contribution in [0.5, 0.6) is 5.75 Å². The van der Waals surface area contributed by atoms with E-state index >= 15 is 0 Å². The second-order valence-corrected chi connectivity index (χ2v) is 9.42. The zero-order valence-electron chi connectivity index (χ0n) is 19.2. The van der Waals surface area contributed by atoms with E-state index in [0.717, 1.165) is 33.3 Å². The molecule has 6 rings (SSSR count). The molecule has 0 bridgehead atoms. The lowest BCUT2D eigenvalue weighted by molar-refractivity contribution is -0.159. The molecule has 1 N–H and O–H groups in total. The quantitative estimate of drug-likeness (QED) is 0.455. The molecule has 2 aliphatic heterocycles. The summed E-state index contributed by atoms with van der Waals surface area (Å²) in [6.07, 6.45) is 0.453. The van der Waals surface area contributed by atoms with E-state index in [9.17, 15) is 9.59 Å². The number of aromatic nitrogens is 1. The Morgan fingerprint density at radius 2 is 1.74 bits per heavy atom. The fourth-order valence-corrected chi connectivity index (χ4v) is 5.70. The normalized spacial score (nSPS) is 19.6. The van der Waals surface area contributed by atoms with Crippen molar-refractivity contribution in [3.8, 4) is 5.75 Å². The summed E-state index contributed by atoms with van der Waals surface area (Å²) >= 11 is 6.37. The number of fused-ring (bicyclic) bond motifs is 4. The molecule has 0 spiro atoms. The Labute approximate surface area is 208 Å². The van der Waals surface area contributed by atoms with E-state index in [4.69, 9.17) is 16.3 Å². The molecule has 4 aromatic rings. The number of H-pyrrole nitrogens is 1. The van der Waals surface area contributed by atoms with Crippen LogP contribution in [0.15, 0.2) is 72.8 Å². The molecule has 35 heavy (non-hydrogen) atoms. The van der Waals surface area contributed by atoms with Crippen molar-refractivity contribution in [2.45, 2.75) is 25.0 Å². The van der Waals surface area contributed by atoms with Gasteiger partial charge in [0.2, 0.25) is 11.8 Å². The van der Waals surface area contributed by atoms with E-state index in [2.05, 4.69) is 11.1 Å². The summed E-state index contributed by atoms with van der Waals surface area (Å²) in [7, 11) is 1.62. The molecule has 2 atom stereocenters. The maximum atomic E-state index is 13.9. The van der Waals surface area contributed by atoms with Crippen LogP contribution < -0.4 is 4.74 Å². The maximum Gasteiger partial charge on any atom is 0.246 e. The standard InChI is InChI=1S/C28H24ClN3O3/c1-35-24-13-7-4-10-19(24)27-26-20(18-9-3-6-12-22(18)30-26)14-23-28(34)31(16-25(33)32(23)27)15-17-8-2-5-11-21(17)29/h2-13,23,27,30H,14-16H2,1H3/t23-,27+/m0/s1. The monoisotopic (exact) mass is 485 g/mol. The number of nitrogens with one attached hydrogen (secondary N) is 1. The Morgan fingerprint density at radius 3 is 2.57 bits per heavy atom. The minimum atomic E-state index is -0.611. The number of halogens is 1. The van der Waals surface area contributed by atoms with Gasteiger partial charge in [0.1, 0.15) is 24.4 Å². The van der Waals surface area contributed by atoms with Gasteiger partial charge in [-0.05, 0) is 29.3 Å². The molecule has 1 saturated heterocycles. The molecular weight excluding hydrogens is 462 g/mol. The average molecular weight is 486 g/mol. The predicted molar refractivity (Wildman–Crippen MR) is 134 cm³/mol. The van der Waals surface area contributed by atoms with Gasteiger partial charge in [-0.15, -0.1) is 0 Å². The van der Waals surface area contributed by atoms with Crippen molar-refractivity contribution < 1.29 is 14.3 Å². The molecule has 3 aromatic carbocycles. The van der Waals surface area contributed by atoms with Crippen LogP contribution in [0.4, 0.5) is 0 Å². The maximum absolute atomic E-state index is 13.9. The van der Waals surface area contributed by atoms with Gasteiger partial charge in [-0.3, -0.25) is 9.59 Å². The lowest BCUT2D eigenvalue weighted by atomic mass is 9.85. The fraction of sp³-hybridized carbons (Fsp3) is 0.214. The fourth-order valence-electron chi connectivity index (χ4n) is 5.51. The number of piperazine rings is 1. The van der Waals surface area contributed by atoms with Crippen LogP contribution in [-0.4, -0.2) is 46.3 Å². The number of aromatic amines is 1. The Kier molecular flexibility index (Phi) is 5.26. The SMILES string of the molecule is COc1ccccc1[C@@H]1c2[nH]c3ccccc3c2C[C@H]2C(=O)N(Cc3ccccc3Cl)CC(=O)N12. The number of nitrogens with zero attached hydrogens (tertiary/aromatic N) is 2. The van der Waals surface area contributed by atoms with Gasteiger partial charge in [-0.25, -0.2) is 0 Å². The van der Waals surface area contributed by atoms with Crippen molar-refractivity contribution in [2.24, 2.45) is 0 Å². The Morgan fingerprint density at radius 1 is 1.00 bits per heavy atom. The summed E-state index contributed by atoms with van der Waals surface area (Å²) in [4.78, 5) is 34.5. The van der Waals surface area contributed by atoms with Crippen LogP contribution in [0.25, 0.3) is 10.9 Å². The number of para-hydroxylation sites is 2. The Hall–Kier alpha value is -3.77. The Balaban J connectivity index is 1.48. The first-order valence-corrected chi connectivity index (χ1v) is 12.0. The van der Waals surface area contributed by atoms with Crippen LogP contribution in [0.2, 0.25) is 5.02 Å². The number of carbonyl (C=O) groups excluding carboxylic acids is 2. The summed E-state index contributed by atoms with van der Waals surface area (Å²) in [5.74, 6) is 0.517. The van der Waals surface area contributed by atoms with E-state index in [0.29, 0.717) is 23.7 Å². The third-order valence-electron chi connectivity index (χ3n) is 7.09. The second kappa shape index (κ2) is 8.47. The highest BCUT2D eigenvalue weighted by molar-refractivity contribution is 6.31. The second-order valence-electron chi connectivity index (χ2n) is 9.01. The summed E-state index contributed by atoms with van der Waals surface area (Å²) in [5, 5.41) is 1.66. The van der Waals surface area contributed by atoms with Crippen LogP contribution in [-0.2, 0) is 22.6 Å². The molecular formula is C28H24ClN3O3. The third-order valence-corrected chi connectivity index (χ3v) is 7.46. The van der Waals surface area contributed by atoms with Gasteiger partial charge in [-0.2, -0.15) is 0 Å². The van der Waals surface area contributed by atoms with Gasteiger partial charge in [-0.1, -0.05) is 66.2 Å². The minimum Gasteiger partial charge on any atom is -0.496 e. The molecule has 0 unspecified atom stereocenters. The number of rotatable bonds is 4. The van der Waals surface area contributed by atoms with Crippen molar-refractivity contribution in [3.63, 3.8) is 0 Å². The summed E-state index contributed by atoms with van der Waals surface area (Å²) in [6.45, 7) is 0.302. The topological polar surface area (TPSA) is 65.6 Å². The van der Waals surface area contributed by atoms with Crippen LogP contribution in [0, 0.1) is 0 Å².